The van der Waals surface area contributed by atoms with Gasteiger partial charge in [0, 0.05) is 29.9 Å². The van der Waals surface area contributed by atoms with Crippen LogP contribution in [0.4, 0.5) is 0 Å². The molecule has 4 nitrogen and oxygen atoms in total. The zero-order valence-corrected chi connectivity index (χ0v) is 14.4. The summed E-state index contributed by atoms with van der Waals surface area (Å²) in [5.41, 5.74) is 1.02. The summed E-state index contributed by atoms with van der Waals surface area (Å²) in [6, 6.07) is 10.4. The van der Waals surface area contributed by atoms with Crippen molar-refractivity contribution in [2.45, 2.75) is 31.6 Å². The number of benzene rings is 1. The Bertz CT molecular complexity index is 660. The smallest absolute Gasteiger partial charge is 0.191 e. The summed E-state index contributed by atoms with van der Waals surface area (Å²) < 4.78 is 0. The Morgan fingerprint density at radius 1 is 1.30 bits per heavy atom. The van der Waals surface area contributed by atoms with Gasteiger partial charge in [-0.2, -0.15) is 11.8 Å². The first-order valence-electron chi connectivity index (χ1n) is 8.33. The fourth-order valence-corrected chi connectivity index (χ4v) is 4.02. The third-order valence-corrected chi connectivity index (χ3v) is 5.41. The first-order valence-corrected chi connectivity index (χ1v) is 9.38. The molecule has 23 heavy (non-hydrogen) atoms. The molecule has 1 fully saturated rings. The lowest BCUT2D eigenvalue weighted by Crippen LogP contribution is -2.40. The van der Waals surface area contributed by atoms with Gasteiger partial charge in [-0.05, 0) is 37.0 Å². The van der Waals surface area contributed by atoms with E-state index in [1.165, 1.54) is 29.4 Å². The van der Waals surface area contributed by atoms with Gasteiger partial charge in [0.2, 0.25) is 0 Å². The van der Waals surface area contributed by atoms with E-state index in [0.717, 1.165) is 30.0 Å². The number of hydrogen-bond donors (Lipinski definition) is 2. The summed E-state index contributed by atoms with van der Waals surface area (Å²) in [5.74, 6) is 2.18. The maximum Gasteiger partial charge on any atom is 0.191 e. The molecule has 1 atom stereocenters. The molecule has 1 unspecified atom stereocenters. The van der Waals surface area contributed by atoms with Crippen LogP contribution in [0.3, 0.4) is 0 Å². The van der Waals surface area contributed by atoms with E-state index in [1.807, 2.05) is 12.3 Å². The highest BCUT2D eigenvalue weighted by Gasteiger charge is 2.15. The Kier molecular flexibility index (Phi) is 5.75. The van der Waals surface area contributed by atoms with Crippen LogP contribution < -0.4 is 10.6 Å². The third kappa shape index (κ3) is 4.38. The van der Waals surface area contributed by atoms with Crippen molar-refractivity contribution in [2.24, 2.45) is 4.99 Å². The monoisotopic (exact) mass is 328 g/mol. The standard InChI is InChI=1S/C18H24N4S/c1-2-19-18(21-12-15-7-5-11-23-15)22-13-17-16-8-4-3-6-14(16)9-10-20-17/h3-4,6,8-10,15H,2,5,7,11-13H2,1H3,(H2,19,21,22). The molecule has 1 aromatic carbocycles. The molecule has 122 valence electrons. The van der Waals surface area contributed by atoms with Gasteiger partial charge >= 0.3 is 0 Å². The number of fused-ring (bicyclic) bond motifs is 1. The lowest BCUT2D eigenvalue weighted by atomic mass is 10.1. The highest BCUT2D eigenvalue weighted by molar-refractivity contribution is 8.00. The Morgan fingerprint density at radius 2 is 2.22 bits per heavy atom. The van der Waals surface area contributed by atoms with Crippen LogP contribution in [-0.2, 0) is 6.54 Å². The van der Waals surface area contributed by atoms with Gasteiger partial charge in [-0.15, -0.1) is 0 Å². The lowest BCUT2D eigenvalue weighted by Gasteiger charge is -2.14. The van der Waals surface area contributed by atoms with Crippen LogP contribution in [0.5, 0.6) is 0 Å². The maximum absolute atomic E-state index is 4.72. The van der Waals surface area contributed by atoms with Crippen LogP contribution in [0.1, 0.15) is 25.5 Å². The van der Waals surface area contributed by atoms with Crippen LogP contribution in [0.15, 0.2) is 41.5 Å². The maximum atomic E-state index is 4.72. The lowest BCUT2D eigenvalue weighted by molar-refractivity contribution is 0.726. The van der Waals surface area contributed by atoms with E-state index < -0.39 is 0 Å². The summed E-state index contributed by atoms with van der Waals surface area (Å²) in [5, 5.41) is 9.91. The highest BCUT2D eigenvalue weighted by Crippen LogP contribution is 2.25. The molecule has 0 saturated carbocycles. The summed E-state index contributed by atoms with van der Waals surface area (Å²) in [7, 11) is 0. The third-order valence-electron chi connectivity index (χ3n) is 4.01. The number of nitrogens with zero attached hydrogens (tertiary/aromatic N) is 2. The van der Waals surface area contributed by atoms with Crippen LogP contribution in [0, 0.1) is 0 Å². The highest BCUT2D eigenvalue weighted by atomic mass is 32.2. The molecule has 0 radical (unpaired) electrons. The van der Waals surface area contributed by atoms with Crippen molar-refractivity contribution in [1.29, 1.82) is 0 Å². The van der Waals surface area contributed by atoms with E-state index in [-0.39, 0.29) is 0 Å². The van der Waals surface area contributed by atoms with E-state index >= 15 is 0 Å². The van der Waals surface area contributed by atoms with Crippen LogP contribution in [0.2, 0.25) is 0 Å². The van der Waals surface area contributed by atoms with Gasteiger partial charge in [0.25, 0.3) is 0 Å². The Balaban J connectivity index is 1.68. The predicted molar refractivity (Wildman–Crippen MR) is 100 cm³/mol. The molecule has 0 amide bonds. The topological polar surface area (TPSA) is 49.3 Å². The van der Waals surface area contributed by atoms with Crippen molar-refractivity contribution < 1.29 is 0 Å². The normalized spacial score (nSPS) is 18.3. The second kappa shape index (κ2) is 8.20. The van der Waals surface area contributed by atoms with E-state index in [1.54, 1.807) is 0 Å². The molecule has 3 rings (SSSR count). The van der Waals surface area contributed by atoms with E-state index in [4.69, 9.17) is 4.99 Å². The quantitative estimate of drug-likeness (QED) is 0.654. The number of aromatic nitrogens is 1. The molecule has 1 aromatic heterocycles. The number of rotatable bonds is 5. The van der Waals surface area contributed by atoms with Crippen molar-refractivity contribution in [3.05, 3.63) is 42.2 Å². The molecule has 0 spiro atoms. The Morgan fingerprint density at radius 3 is 3.04 bits per heavy atom. The molecule has 2 N–H and O–H groups in total. The average Bonchev–Trinajstić information content (AvgIpc) is 3.11. The summed E-state index contributed by atoms with van der Waals surface area (Å²) in [6.45, 7) is 4.54. The van der Waals surface area contributed by atoms with Crippen LogP contribution in [-0.4, -0.2) is 35.0 Å². The van der Waals surface area contributed by atoms with Crippen molar-refractivity contribution in [1.82, 2.24) is 15.6 Å². The summed E-state index contributed by atoms with van der Waals surface area (Å²) in [4.78, 5) is 9.23. The zero-order chi connectivity index (χ0) is 15.9. The van der Waals surface area contributed by atoms with Gasteiger partial charge in [-0.3, -0.25) is 4.98 Å². The van der Waals surface area contributed by atoms with Crippen molar-refractivity contribution >= 4 is 28.5 Å². The van der Waals surface area contributed by atoms with Crippen molar-refractivity contribution in [2.75, 3.05) is 18.8 Å². The minimum Gasteiger partial charge on any atom is -0.357 e. The minimum absolute atomic E-state index is 0.592. The van der Waals surface area contributed by atoms with Crippen LogP contribution >= 0.6 is 11.8 Å². The van der Waals surface area contributed by atoms with E-state index in [0.29, 0.717) is 6.54 Å². The van der Waals surface area contributed by atoms with Gasteiger partial charge in [-0.25, -0.2) is 4.99 Å². The second-order valence-corrected chi connectivity index (χ2v) is 7.10. The molecule has 1 saturated heterocycles. The number of aliphatic imine (C=N–C) groups is 1. The van der Waals surface area contributed by atoms with Crippen molar-refractivity contribution in [3.8, 4) is 0 Å². The first kappa shape index (κ1) is 16.1. The molecular weight excluding hydrogens is 304 g/mol. The van der Waals surface area contributed by atoms with Crippen LogP contribution in [0.25, 0.3) is 10.8 Å². The van der Waals surface area contributed by atoms with Gasteiger partial charge in [0.05, 0.1) is 12.2 Å². The van der Waals surface area contributed by atoms with Gasteiger partial charge in [0.1, 0.15) is 0 Å². The second-order valence-electron chi connectivity index (χ2n) is 5.69. The van der Waals surface area contributed by atoms with Gasteiger partial charge in [0.15, 0.2) is 5.96 Å². The molecular formula is C18H24N4S. The van der Waals surface area contributed by atoms with E-state index in [9.17, 15) is 0 Å². The molecule has 1 aliphatic heterocycles. The average molecular weight is 328 g/mol. The first-order chi connectivity index (χ1) is 11.4. The van der Waals surface area contributed by atoms with Gasteiger partial charge < -0.3 is 10.6 Å². The van der Waals surface area contributed by atoms with Crippen molar-refractivity contribution in [3.63, 3.8) is 0 Å². The van der Waals surface area contributed by atoms with Gasteiger partial charge in [-0.1, -0.05) is 24.3 Å². The molecule has 2 heterocycles. The SMILES string of the molecule is CCNC(=NCc1nccc2ccccc12)NCC1CCCS1. The Hall–Kier alpha value is -1.75. The molecule has 0 bridgehead atoms. The number of guanidine groups is 1. The summed E-state index contributed by atoms with van der Waals surface area (Å²) >= 11 is 2.06. The largest absolute Gasteiger partial charge is 0.357 e. The summed E-state index contributed by atoms with van der Waals surface area (Å²) in [6.07, 6.45) is 4.51. The zero-order valence-electron chi connectivity index (χ0n) is 13.6. The fraction of sp³-hybridized carbons (Fsp3) is 0.444. The predicted octanol–water partition coefficient (Wildman–Crippen LogP) is 3.19. The fourth-order valence-electron chi connectivity index (χ4n) is 2.82. The molecule has 1 aliphatic rings. The minimum atomic E-state index is 0.592. The van der Waals surface area contributed by atoms with E-state index in [2.05, 4.69) is 58.6 Å². The number of pyridine rings is 1. The Labute approximate surface area is 142 Å². The molecule has 5 heteroatoms. The number of hydrogen-bond acceptors (Lipinski definition) is 3. The molecule has 0 aliphatic carbocycles. The molecule has 2 aromatic rings. The number of nitrogens with one attached hydrogen (secondary N) is 2. The number of thioether (sulfide) groups is 1.